The topological polar surface area (TPSA) is 41.6 Å². The molecular formula is C15H21FN2O2. The molecule has 5 heteroatoms. The van der Waals surface area contributed by atoms with Crippen molar-refractivity contribution in [2.24, 2.45) is 5.92 Å². The molecule has 1 aliphatic rings. The average molecular weight is 280 g/mol. The number of ether oxygens (including phenoxy) is 1. The van der Waals surface area contributed by atoms with Crippen molar-refractivity contribution >= 4 is 5.91 Å². The van der Waals surface area contributed by atoms with Gasteiger partial charge < -0.3 is 15.0 Å². The van der Waals surface area contributed by atoms with E-state index < -0.39 is 0 Å². The van der Waals surface area contributed by atoms with Crippen LogP contribution in [0.15, 0.2) is 24.3 Å². The van der Waals surface area contributed by atoms with E-state index in [0.717, 1.165) is 25.9 Å². The van der Waals surface area contributed by atoms with Crippen LogP contribution in [-0.2, 0) is 4.79 Å². The molecule has 1 fully saturated rings. The molecule has 1 saturated heterocycles. The van der Waals surface area contributed by atoms with Gasteiger partial charge in [0.25, 0.3) is 0 Å². The van der Waals surface area contributed by atoms with E-state index in [1.807, 2.05) is 0 Å². The van der Waals surface area contributed by atoms with Crippen molar-refractivity contribution in [3.05, 3.63) is 30.1 Å². The van der Waals surface area contributed by atoms with Crippen LogP contribution in [0.1, 0.15) is 12.8 Å². The van der Waals surface area contributed by atoms with Crippen LogP contribution in [-0.4, -0.2) is 44.1 Å². The monoisotopic (exact) mass is 280 g/mol. The van der Waals surface area contributed by atoms with E-state index >= 15 is 0 Å². The van der Waals surface area contributed by atoms with Crippen molar-refractivity contribution in [3.8, 4) is 5.75 Å². The minimum atomic E-state index is -0.283. The third kappa shape index (κ3) is 4.20. The zero-order chi connectivity index (χ0) is 14.4. The molecule has 110 valence electrons. The van der Waals surface area contributed by atoms with Crippen molar-refractivity contribution in [2.75, 3.05) is 33.3 Å². The Labute approximate surface area is 118 Å². The zero-order valence-corrected chi connectivity index (χ0v) is 11.8. The maximum Gasteiger partial charge on any atom is 0.226 e. The highest BCUT2D eigenvalue weighted by molar-refractivity contribution is 5.78. The molecule has 1 atom stereocenters. The number of piperidine rings is 1. The van der Waals surface area contributed by atoms with Crippen molar-refractivity contribution in [3.63, 3.8) is 0 Å². The predicted molar refractivity (Wildman–Crippen MR) is 75.1 cm³/mol. The van der Waals surface area contributed by atoms with Crippen LogP contribution in [0.25, 0.3) is 0 Å². The van der Waals surface area contributed by atoms with Gasteiger partial charge in [-0.3, -0.25) is 4.79 Å². The summed E-state index contributed by atoms with van der Waals surface area (Å²) < 4.78 is 18.2. The Morgan fingerprint density at radius 2 is 2.20 bits per heavy atom. The molecular weight excluding hydrogens is 259 g/mol. The normalized spacial score (nSPS) is 18.6. The number of rotatable bonds is 5. The molecule has 0 saturated carbocycles. The first-order chi connectivity index (χ1) is 9.66. The fourth-order valence-corrected chi connectivity index (χ4v) is 2.32. The number of halogens is 1. The number of carbonyl (C=O) groups excluding carboxylic acids is 1. The van der Waals surface area contributed by atoms with Crippen molar-refractivity contribution in [2.45, 2.75) is 12.8 Å². The molecule has 0 aromatic heterocycles. The lowest BCUT2D eigenvalue weighted by Crippen LogP contribution is -2.42. The molecule has 0 bridgehead atoms. The summed E-state index contributed by atoms with van der Waals surface area (Å²) >= 11 is 0. The van der Waals surface area contributed by atoms with E-state index in [-0.39, 0.29) is 17.6 Å². The number of nitrogens with one attached hydrogen (secondary N) is 1. The van der Waals surface area contributed by atoms with Crippen LogP contribution >= 0.6 is 0 Å². The van der Waals surface area contributed by atoms with Gasteiger partial charge in [0.15, 0.2) is 0 Å². The second-order valence-corrected chi connectivity index (χ2v) is 5.11. The Morgan fingerprint density at radius 3 is 2.85 bits per heavy atom. The molecule has 0 aliphatic carbocycles. The van der Waals surface area contributed by atoms with Gasteiger partial charge in [0, 0.05) is 13.6 Å². The van der Waals surface area contributed by atoms with Crippen LogP contribution in [0.5, 0.6) is 5.75 Å². The third-order valence-electron chi connectivity index (χ3n) is 3.53. The van der Waals surface area contributed by atoms with E-state index in [1.165, 1.54) is 12.1 Å². The summed E-state index contributed by atoms with van der Waals surface area (Å²) in [7, 11) is 1.80. The highest BCUT2D eigenvalue weighted by atomic mass is 19.1. The quantitative estimate of drug-likeness (QED) is 0.892. The Morgan fingerprint density at radius 1 is 1.45 bits per heavy atom. The molecule has 1 aliphatic heterocycles. The van der Waals surface area contributed by atoms with E-state index in [4.69, 9.17) is 4.74 Å². The van der Waals surface area contributed by atoms with Crippen LogP contribution in [0, 0.1) is 11.7 Å². The summed E-state index contributed by atoms with van der Waals surface area (Å²) in [5, 5.41) is 3.24. The largest absolute Gasteiger partial charge is 0.492 e. The fraction of sp³-hybridized carbons (Fsp3) is 0.533. The van der Waals surface area contributed by atoms with Gasteiger partial charge in [-0.15, -0.1) is 0 Å². The molecule has 2 rings (SSSR count). The van der Waals surface area contributed by atoms with Gasteiger partial charge in [-0.05, 0) is 43.7 Å². The molecule has 20 heavy (non-hydrogen) atoms. The van der Waals surface area contributed by atoms with Gasteiger partial charge in [-0.2, -0.15) is 0 Å². The highest BCUT2D eigenvalue weighted by Gasteiger charge is 2.23. The molecule has 1 aromatic rings. The second-order valence-electron chi connectivity index (χ2n) is 5.11. The second kappa shape index (κ2) is 7.24. The van der Waals surface area contributed by atoms with Crippen molar-refractivity contribution in [1.82, 2.24) is 10.2 Å². The van der Waals surface area contributed by atoms with Gasteiger partial charge in [-0.25, -0.2) is 4.39 Å². The van der Waals surface area contributed by atoms with Gasteiger partial charge in [-0.1, -0.05) is 0 Å². The Bertz CT molecular complexity index is 430. The zero-order valence-electron chi connectivity index (χ0n) is 11.8. The summed E-state index contributed by atoms with van der Waals surface area (Å²) in [5.41, 5.74) is 0. The van der Waals surface area contributed by atoms with Crippen LogP contribution in [0.2, 0.25) is 0 Å². The number of likely N-dealkylation sites (N-methyl/N-ethyl adjacent to an activating group) is 1. The number of amides is 1. The first-order valence-electron chi connectivity index (χ1n) is 7.01. The first-order valence-corrected chi connectivity index (χ1v) is 7.01. The Kier molecular flexibility index (Phi) is 5.35. The fourth-order valence-electron chi connectivity index (χ4n) is 2.32. The molecule has 1 unspecified atom stereocenters. The minimum absolute atomic E-state index is 0.0829. The molecule has 1 amide bonds. The minimum Gasteiger partial charge on any atom is -0.492 e. The smallest absolute Gasteiger partial charge is 0.226 e. The van der Waals surface area contributed by atoms with Gasteiger partial charge in [0.05, 0.1) is 12.5 Å². The molecule has 1 heterocycles. The molecule has 0 spiro atoms. The Hall–Kier alpha value is -1.62. The highest BCUT2D eigenvalue weighted by Crippen LogP contribution is 2.13. The van der Waals surface area contributed by atoms with Crippen molar-refractivity contribution < 1.29 is 13.9 Å². The number of benzene rings is 1. The molecule has 0 radical (unpaired) electrons. The number of hydrogen-bond acceptors (Lipinski definition) is 3. The summed E-state index contributed by atoms with van der Waals surface area (Å²) in [4.78, 5) is 13.9. The predicted octanol–water partition coefficient (Wildman–Crippen LogP) is 1.66. The SMILES string of the molecule is CN(CCOc1ccc(F)cc1)C(=O)C1CCCNC1. The lowest BCUT2D eigenvalue weighted by molar-refractivity contribution is -0.135. The lowest BCUT2D eigenvalue weighted by atomic mass is 9.98. The molecule has 1 N–H and O–H groups in total. The van der Waals surface area contributed by atoms with Gasteiger partial charge >= 0.3 is 0 Å². The van der Waals surface area contributed by atoms with E-state index in [0.29, 0.717) is 18.9 Å². The average Bonchev–Trinajstić information content (AvgIpc) is 2.49. The molecule has 4 nitrogen and oxygen atoms in total. The maximum atomic E-state index is 12.7. The summed E-state index contributed by atoms with van der Waals surface area (Å²) in [6.45, 7) is 2.71. The van der Waals surface area contributed by atoms with E-state index in [2.05, 4.69) is 5.32 Å². The summed E-state index contributed by atoms with van der Waals surface area (Å²) in [6.07, 6.45) is 2.01. The van der Waals surface area contributed by atoms with Crippen LogP contribution in [0.3, 0.4) is 0 Å². The van der Waals surface area contributed by atoms with E-state index in [1.54, 1.807) is 24.1 Å². The van der Waals surface area contributed by atoms with Crippen molar-refractivity contribution in [1.29, 1.82) is 0 Å². The van der Waals surface area contributed by atoms with E-state index in [9.17, 15) is 9.18 Å². The lowest BCUT2D eigenvalue weighted by Gasteiger charge is -2.27. The number of hydrogen-bond donors (Lipinski definition) is 1. The first kappa shape index (κ1) is 14.8. The molecule has 1 aromatic carbocycles. The maximum absolute atomic E-state index is 12.7. The van der Waals surface area contributed by atoms with Gasteiger partial charge in [0.2, 0.25) is 5.91 Å². The summed E-state index contributed by atoms with van der Waals surface area (Å²) in [5.74, 6) is 0.584. The van der Waals surface area contributed by atoms with Crippen LogP contribution in [0.4, 0.5) is 4.39 Å². The standard InChI is InChI=1S/C15H21FN2O2/c1-18(15(19)12-3-2-8-17-11-12)9-10-20-14-6-4-13(16)5-7-14/h4-7,12,17H,2-3,8-11H2,1H3. The Balaban J connectivity index is 1.72. The number of nitrogens with zero attached hydrogens (tertiary/aromatic N) is 1. The summed E-state index contributed by atoms with van der Waals surface area (Å²) in [6, 6.07) is 5.89. The third-order valence-corrected chi connectivity index (χ3v) is 3.53. The number of carbonyl (C=O) groups is 1. The van der Waals surface area contributed by atoms with Gasteiger partial charge in [0.1, 0.15) is 18.2 Å². The van der Waals surface area contributed by atoms with Crippen LogP contribution < -0.4 is 10.1 Å².